The summed E-state index contributed by atoms with van der Waals surface area (Å²) in [6, 6.07) is 9.27. The zero-order valence-electron chi connectivity index (χ0n) is 8.57. The standard InChI is InChI=1S/C12H16O2/c1-3-9(2)11(12(13)14)10-7-5-4-6-8-10/h4-9,11H,3H2,1-2H3,(H,13,14)/p-1/t9-,11+/m0/s1. The number of aliphatic carboxylic acids is 1. The van der Waals surface area contributed by atoms with E-state index in [1.54, 1.807) is 0 Å². The molecular weight excluding hydrogens is 176 g/mol. The second kappa shape index (κ2) is 4.80. The summed E-state index contributed by atoms with van der Waals surface area (Å²) in [6.45, 7) is 3.93. The maximum Gasteiger partial charge on any atom is 0.0491 e. The molecule has 0 amide bonds. The Labute approximate surface area is 84.6 Å². The second-order valence-electron chi connectivity index (χ2n) is 3.59. The van der Waals surface area contributed by atoms with Crippen LogP contribution >= 0.6 is 0 Å². The van der Waals surface area contributed by atoms with Crippen molar-refractivity contribution in [2.45, 2.75) is 26.2 Å². The first-order valence-corrected chi connectivity index (χ1v) is 4.92. The lowest BCUT2D eigenvalue weighted by atomic mass is 9.86. The van der Waals surface area contributed by atoms with Crippen LogP contribution in [0.1, 0.15) is 31.7 Å². The van der Waals surface area contributed by atoms with Crippen molar-refractivity contribution in [1.29, 1.82) is 0 Å². The van der Waals surface area contributed by atoms with E-state index in [0.717, 1.165) is 12.0 Å². The molecule has 2 atom stereocenters. The van der Waals surface area contributed by atoms with Crippen molar-refractivity contribution in [3.8, 4) is 0 Å². The van der Waals surface area contributed by atoms with E-state index < -0.39 is 11.9 Å². The molecular formula is C12H15O2-. The molecule has 0 bridgehead atoms. The number of carbonyl (C=O) groups is 1. The van der Waals surface area contributed by atoms with Crippen LogP contribution in [0.3, 0.4) is 0 Å². The highest BCUT2D eigenvalue weighted by Gasteiger charge is 2.18. The Morgan fingerprint density at radius 1 is 1.36 bits per heavy atom. The van der Waals surface area contributed by atoms with Gasteiger partial charge in [0.1, 0.15) is 0 Å². The van der Waals surface area contributed by atoms with E-state index in [9.17, 15) is 9.90 Å². The SMILES string of the molecule is CC[C@H](C)[C@@H](C(=O)[O-])c1ccccc1. The molecule has 1 rings (SSSR count). The van der Waals surface area contributed by atoms with Gasteiger partial charge in [-0.05, 0) is 11.5 Å². The summed E-state index contributed by atoms with van der Waals surface area (Å²) in [6.07, 6.45) is 0.841. The minimum Gasteiger partial charge on any atom is -0.549 e. The highest BCUT2D eigenvalue weighted by molar-refractivity contribution is 5.74. The largest absolute Gasteiger partial charge is 0.549 e. The molecule has 0 spiro atoms. The van der Waals surface area contributed by atoms with E-state index in [1.165, 1.54) is 0 Å². The fourth-order valence-corrected chi connectivity index (χ4v) is 1.59. The summed E-state index contributed by atoms with van der Waals surface area (Å²) >= 11 is 0. The van der Waals surface area contributed by atoms with Crippen LogP contribution in [0.5, 0.6) is 0 Å². The average molecular weight is 191 g/mol. The highest BCUT2D eigenvalue weighted by Crippen LogP contribution is 2.25. The van der Waals surface area contributed by atoms with Crippen LogP contribution in [-0.2, 0) is 4.79 Å². The highest BCUT2D eigenvalue weighted by atomic mass is 16.4. The number of rotatable bonds is 4. The molecule has 0 aliphatic heterocycles. The van der Waals surface area contributed by atoms with E-state index in [0.29, 0.717) is 0 Å². The normalized spacial score (nSPS) is 14.7. The topological polar surface area (TPSA) is 40.1 Å². The minimum atomic E-state index is -0.981. The Balaban J connectivity index is 2.95. The minimum absolute atomic E-state index is 0.113. The van der Waals surface area contributed by atoms with Gasteiger partial charge in [-0.1, -0.05) is 50.6 Å². The van der Waals surface area contributed by atoms with Crippen LogP contribution in [0, 0.1) is 5.92 Å². The number of carbonyl (C=O) groups excluding carboxylic acids is 1. The lowest BCUT2D eigenvalue weighted by molar-refractivity contribution is -0.309. The van der Waals surface area contributed by atoms with Gasteiger partial charge >= 0.3 is 0 Å². The van der Waals surface area contributed by atoms with Crippen molar-refractivity contribution in [2.24, 2.45) is 5.92 Å². The monoisotopic (exact) mass is 191 g/mol. The Hall–Kier alpha value is -1.31. The van der Waals surface area contributed by atoms with Crippen molar-refractivity contribution in [3.05, 3.63) is 35.9 Å². The predicted molar refractivity (Wildman–Crippen MR) is 53.6 cm³/mol. The van der Waals surface area contributed by atoms with Crippen LogP contribution in [0.2, 0.25) is 0 Å². The molecule has 0 aliphatic carbocycles. The van der Waals surface area contributed by atoms with Gasteiger partial charge in [-0.3, -0.25) is 0 Å². The lowest BCUT2D eigenvalue weighted by Crippen LogP contribution is -2.33. The van der Waals surface area contributed by atoms with Crippen molar-refractivity contribution < 1.29 is 9.90 Å². The third-order valence-corrected chi connectivity index (χ3v) is 2.63. The van der Waals surface area contributed by atoms with E-state index in [4.69, 9.17) is 0 Å². The Kier molecular flexibility index (Phi) is 3.69. The smallest absolute Gasteiger partial charge is 0.0491 e. The number of hydrogen-bond acceptors (Lipinski definition) is 2. The Morgan fingerprint density at radius 2 is 1.93 bits per heavy atom. The molecule has 0 fully saturated rings. The molecule has 0 radical (unpaired) electrons. The first kappa shape index (κ1) is 10.8. The number of carboxylic acids is 1. The molecule has 14 heavy (non-hydrogen) atoms. The van der Waals surface area contributed by atoms with Gasteiger partial charge in [-0.15, -0.1) is 0 Å². The predicted octanol–water partition coefficient (Wildman–Crippen LogP) is 1.57. The maximum atomic E-state index is 11.0. The lowest BCUT2D eigenvalue weighted by Gasteiger charge is -2.24. The van der Waals surface area contributed by atoms with E-state index in [2.05, 4.69) is 0 Å². The van der Waals surface area contributed by atoms with Crippen molar-refractivity contribution in [3.63, 3.8) is 0 Å². The van der Waals surface area contributed by atoms with E-state index >= 15 is 0 Å². The summed E-state index contributed by atoms with van der Waals surface area (Å²) in [4.78, 5) is 11.0. The summed E-state index contributed by atoms with van der Waals surface area (Å²) in [5, 5.41) is 11.0. The molecule has 76 valence electrons. The van der Waals surface area contributed by atoms with Crippen LogP contribution in [-0.4, -0.2) is 5.97 Å². The third-order valence-electron chi connectivity index (χ3n) is 2.63. The molecule has 0 N–H and O–H groups in total. The maximum absolute atomic E-state index is 11.0. The summed E-state index contributed by atoms with van der Waals surface area (Å²) in [5.74, 6) is -1.35. The van der Waals surface area contributed by atoms with Gasteiger partial charge in [0.25, 0.3) is 0 Å². The van der Waals surface area contributed by atoms with Gasteiger partial charge in [0.15, 0.2) is 0 Å². The fraction of sp³-hybridized carbons (Fsp3) is 0.417. The average Bonchev–Trinajstić information content (AvgIpc) is 2.19. The molecule has 1 aromatic carbocycles. The van der Waals surface area contributed by atoms with Gasteiger partial charge in [0, 0.05) is 11.9 Å². The summed E-state index contributed by atoms with van der Waals surface area (Å²) < 4.78 is 0. The van der Waals surface area contributed by atoms with E-state index in [-0.39, 0.29) is 5.92 Å². The van der Waals surface area contributed by atoms with Crippen molar-refractivity contribution in [2.75, 3.05) is 0 Å². The molecule has 2 nitrogen and oxygen atoms in total. The number of benzene rings is 1. The van der Waals surface area contributed by atoms with Gasteiger partial charge in [0.2, 0.25) is 0 Å². The Morgan fingerprint density at radius 3 is 2.36 bits per heavy atom. The number of hydrogen-bond donors (Lipinski definition) is 0. The van der Waals surface area contributed by atoms with Crippen molar-refractivity contribution in [1.82, 2.24) is 0 Å². The van der Waals surface area contributed by atoms with Crippen molar-refractivity contribution >= 4 is 5.97 Å². The van der Waals surface area contributed by atoms with Crippen LogP contribution < -0.4 is 5.11 Å². The van der Waals surface area contributed by atoms with Gasteiger partial charge in [0.05, 0.1) is 0 Å². The third kappa shape index (κ3) is 2.34. The molecule has 2 heteroatoms. The van der Waals surface area contributed by atoms with Gasteiger partial charge in [-0.2, -0.15) is 0 Å². The first-order valence-electron chi connectivity index (χ1n) is 4.92. The molecule has 0 unspecified atom stereocenters. The van der Waals surface area contributed by atoms with Crippen LogP contribution in [0.15, 0.2) is 30.3 Å². The molecule has 0 saturated carbocycles. The van der Waals surface area contributed by atoms with Crippen LogP contribution in [0.25, 0.3) is 0 Å². The molecule has 0 saturated heterocycles. The Bertz CT molecular complexity index is 292. The number of carboxylic acid groups (broad SMARTS) is 1. The van der Waals surface area contributed by atoms with Crippen LogP contribution in [0.4, 0.5) is 0 Å². The zero-order chi connectivity index (χ0) is 10.6. The summed E-state index contributed by atoms with van der Waals surface area (Å²) in [5.41, 5.74) is 0.835. The molecule has 0 heterocycles. The first-order chi connectivity index (χ1) is 6.66. The molecule has 0 aliphatic rings. The fourth-order valence-electron chi connectivity index (χ4n) is 1.59. The van der Waals surface area contributed by atoms with Gasteiger partial charge in [-0.25, -0.2) is 0 Å². The van der Waals surface area contributed by atoms with E-state index in [1.807, 2.05) is 44.2 Å². The second-order valence-corrected chi connectivity index (χ2v) is 3.59. The molecule has 0 aromatic heterocycles. The zero-order valence-corrected chi connectivity index (χ0v) is 8.57. The molecule has 1 aromatic rings. The van der Waals surface area contributed by atoms with Gasteiger partial charge < -0.3 is 9.90 Å². The summed E-state index contributed by atoms with van der Waals surface area (Å²) in [7, 11) is 0. The quantitative estimate of drug-likeness (QED) is 0.724.